The maximum Gasteiger partial charge on any atom is 0.222 e. The summed E-state index contributed by atoms with van der Waals surface area (Å²) in [5, 5.41) is 3.34. The summed E-state index contributed by atoms with van der Waals surface area (Å²) in [6, 6.07) is 2.06. The maximum atomic E-state index is 11.3. The molecule has 0 spiro atoms. The summed E-state index contributed by atoms with van der Waals surface area (Å²) in [5.74, 6) is 1.26. The fraction of sp³-hybridized carbons (Fsp3) is 0.615. The molecule has 2 rings (SSSR count). The van der Waals surface area contributed by atoms with Crippen molar-refractivity contribution in [1.82, 2.24) is 9.97 Å². The van der Waals surface area contributed by atoms with E-state index in [-0.39, 0.29) is 17.9 Å². The smallest absolute Gasteiger partial charge is 0.222 e. The Kier molecular flexibility index (Phi) is 3.79. The van der Waals surface area contributed by atoms with E-state index in [9.17, 15) is 4.79 Å². The second kappa shape index (κ2) is 5.33. The molecule has 98 valence electrons. The first-order valence-corrected chi connectivity index (χ1v) is 6.50. The number of amides is 1. The van der Waals surface area contributed by atoms with Crippen molar-refractivity contribution in [3.63, 3.8) is 0 Å². The number of carbonyl (C=O) groups excluding carboxylic acids is 1. The van der Waals surface area contributed by atoms with Crippen LogP contribution in [0.25, 0.3) is 0 Å². The van der Waals surface area contributed by atoms with Crippen LogP contribution in [0.4, 0.5) is 5.82 Å². The van der Waals surface area contributed by atoms with Gasteiger partial charge in [-0.1, -0.05) is 13.3 Å². The van der Waals surface area contributed by atoms with Crippen LogP contribution in [-0.2, 0) is 11.2 Å². The fourth-order valence-electron chi connectivity index (χ4n) is 2.55. The molecular formula is C13H20N4O. The molecule has 0 aliphatic heterocycles. The molecule has 0 bridgehead atoms. The summed E-state index contributed by atoms with van der Waals surface area (Å²) >= 11 is 0. The van der Waals surface area contributed by atoms with Gasteiger partial charge in [0.1, 0.15) is 11.6 Å². The van der Waals surface area contributed by atoms with Gasteiger partial charge in [-0.2, -0.15) is 0 Å². The minimum Gasteiger partial charge on any atom is -0.369 e. The third-order valence-electron chi connectivity index (χ3n) is 3.47. The van der Waals surface area contributed by atoms with Gasteiger partial charge < -0.3 is 11.1 Å². The summed E-state index contributed by atoms with van der Waals surface area (Å²) in [6.07, 6.45) is 3.76. The van der Waals surface area contributed by atoms with E-state index in [2.05, 4.69) is 22.2 Å². The molecule has 0 saturated heterocycles. The van der Waals surface area contributed by atoms with Gasteiger partial charge in [0.25, 0.3) is 0 Å². The van der Waals surface area contributed by atoms with Crippen molar-refractivity contribution in [1.29, 1.82) is 0 Å². The van der Waals surface area contributed by atoms with Crippen molar-refractivity contribution in [2.45, 2.75) is 45.6 Å². The van der Waals surface area contributed by atoms with E-state index in [1.54, 1.807) is 0 Å². The molecule has 1 aliphatic carbocycles. The van der Waals surface area contributed by atoms with Gasteiger partial charge in [-0.05, 0) is 26.2 Å². The van der Waals surface area contributed by atoms with Gasteiger partial charge in [0.15, 0.2) is 0 Å². The van der Waals surface area contributed by atoms with E-state index < -0.39 is 0 Å². The van der Waals surface area contributed by atoms with Crippen LogP contribution in [-0.4, -0.2) is 21.9 Å². The zero-order valence-electron chi connectivity index (χ0n) is 10.9. The molecule has 3 N–H and O–H groups in total. The van der Waals surface area contributed by atoms with Crippen molar-refractivity contribution < 1.29 is 4.79 Å². The number of nitrogens with one attached hydrogen (secondary N) is 1. The molecule has 5 nitrogen and oxygen atoms in total. The Morgan fingerprint density at radius 3 is 2.94 bits per heavy atom. The number of hydrogen-bond donors (Lipinski definition) is 2. The third-order valence-corrected chi connectivity index (χ3v) is 3.47. The predicted molar refractivity (Wildman–Crippen MR) is 70.1 cm³/mol. The van der Waals surface area contributed by atoms with Crippen molar-refractivity contribution in [3.8, 4) is 0 Å². The molecule has 5 heteroatoms. The Balaban J connectivity index is 2.13. The molecule has 0 aromatic carbocycles. The molecule has 1 amide bonds. The van der Waals surface area contributed by atoms with Gasteiger partial charge in [-0.15, -0.1) is 0 Å². The number of nitrogens with zero attached hydrogens (tertiary/aromatic N) is 2. The zero-order chi connectivity index (χ0) is 13.1. The Bertz CT molecular complexity index is 447. The van der Waals surface area contributed by atoms with Crippen LogP contribution in [0.1, 0.15) is 37.7 Å². The highest BCUT2D eigenvalue weighted by atomic mass is 16.1. The summed E-state index contributed by atoms with van der Waals surface area (Å²) in [7, 11) is 0. The fourth-order valence-corrected chi connectivity index (χ4v) is 2.55. The molecule has 1 aromatic rings. The number of carbonyl (C=O) groups is 1. The van der Waals surface area contributed by atoms with Crippen LogP contribution >= 0.6 is 0 Å². The third kappa shape index (κ3) is 2.78. The first-order chi connectivity index (χ1) is 8.60. The van der Waals surface area contributed by atoms with Gasteiger partial charge in [0.05, 0.1) is 5.92 Å². The number of hydrogen-bond acceptors (Lipinski definition) is 4. The lowest BCUT2D eigenvalue weighted by Gasteiger charge is -2.19. The largest absolute Gasteiger partial charge is 0.369 e. The lowest BCUT2D eigenvalue weighted by Crippen LogP contribution is -2.34. The van der Waals surface area contributed by atoms with Crippen LogP contribution in [0, 0.1) is 12.8 Å². The van der Waals surface area contributed by atoms with Crippen LogP contribution in [0.3, 0.4) is 0 Å². The lowest BCUT2D eigenvalue weighted by molar-refractivity contribution is -0.121. The van der Waals surface area contributed by atoms with E-state index in [1.165, 1.54) is 0 Å². The summed E-state index contributed by atoms with van der Waals surface area (Å²) in [4.78, 5) is 20.0. The standard InChI is InChI=1S/C13H20N4O/c1-3-9-7-12(16-8(2)15-9)17-11-6-4-5-10(11)13(14)18/h7,10-11H,3-6H2,1-2H3,(H2,14,18)(H,15,16,17). The SMILES string of the molecule is CCc1cc(NC2CCCC2C(N)=O)nc(C)n1. The Hall–Kier alpha value is -1.65. The van der Waals surface area contributed by atoms with Gasteiger partial charge in [0.2, 0.25) is 5.91 Å². The molecule has 1 saturated carbocycles. The van der Waals surface area contributed by atoms with E-state index in [1.807, 2.05) is 13.0 Å². The number of aryl methyl sites for hydroxylation is 2. The predicted octanol–water partition coefficient (Wildman–Crippen LogP) is 1.41. The average Bonchev–Trinajstić information content (AvgIpc) is 2.76. The van der Waals surface area contributed by atoms with Crippen LogP contribution in [0.2, 0.25) is 0 Å². The second-order valence-electron chi connectivity index (χ2n) is 4.84. The molecule has 18 heavy (non-hydrogen) atoms. The molecule has 1 aliphatic rings. The molecule has 2 unspecified atom stereocenters. The van der Waals surface area contributed by atoms with Crippen LogP contribution in [0.5, 0.6) is 0 Å². The first kappa shape index (κ1) is 12.8. The zero-order valence-corrected chi connectivity index (χ0v) is 10.9. The van der Waals surface area contributed by atoms with Crippen molar-refractivity contribution >= 4 is 11.7 Å². The van der Waals surface area contributed by atoms with Crippen molar-refractivity contribution in [3.05, 3.63) is 17.6 Å². The summed E-state index contributed by atoms with van der Waals surface area (Å²) in [5.41, 5.74) is 6.43. The minimum absolute atomic E-state index is 0.0784. The first-order valence-electron chi connectivity index (χ1n) is 6.50. The van der Waals surface area contributed by atoms with Crippen molar-refractivity contribution in [2.75, 3.05) is 5.32 Å². The van der Waals surface area contributed by atoms with E-state index in [4.69, 9.17) is 5.73 Å². The molecule has 1 fully saturated rings. The van der Waals surface area contributed by atoms with Crippen LogP contribution < -0.4 is 11.1 Å². The maximum absolute atomic E-state index is 11.3. The number of nitrogens with two attached hydrogens (primary N) is 1. The second-order valence-corrected chi connectivity index (χ2v) is 4.84. The number of rotatable bonds is 4. The Labute approximate surface area is 107 Å². The highest BCUT2D eigenvalue weighted by Crippen LogP contribution is 2.28. The lowest BCUT2D eigenvalue weighted by atomic mass is 10.0. The molecular weight excluding hydrogens is 228 g/mol. The van der Waals surface area contributed by atoms with Gasteiger partial charge in [0, 0.05) is 17.8 Å². The Morgan fingerprint density at radius 1 is 1.50 bits per heavy atom. The van der Waals surface area contributed by atoms with Crippen LogP contribution in [0.15, 0.2) is 6.07 Å². The molecule has 1 aromatic heterocycles. The quantitative estimate of drug-likeness (QED) is 0.844. The Morgan fingerprint density at radius 2 is 2.28 bits per heavy atom. The number of primary amides is 1. The highest BCUT2D eigenvalue weighted by Gasteiger charge is 2.31. The van der Waals surface area contributed by atoms with Gasteiger partial charge >= 0.3 is 0 Å². The van der Waals surface area contributed by atoms with E-state index >= 15 is 0 Å². The molecule has 2 atom stereocenters. The van der Waals surface area contributed by atoms with Crippen molar-refractivity contribution in [2.24, 2.45) is 11.7 Å². The van der Waals surface area contributed by atoms with Gasteiger partial charge in [-0.3, -0.25) is 4.79 Å². The minimum atomic E-state index is -0.216. The number of aromatic nitrogens is 2. The summed E-state index contributed by atoms with van der Waals surface area (Å²) in [6.45, 7) is 3.94. The van der Waals surface area contributed by atoms with E-state index in [0.29, 0.717) is 0 Å². The molecule has 0 radical (unpaired) electrons. The molecule has 1 heterocycles. The topological polar surface area (TPSA) is 80.9 Å². The summed E-state index contributed by atoms with van der Waals surface area (Å²) < 4.78 is 0. The monoisotopic (exact) mass is 248 g/mol. The normalized spacial score (nSPS) is 23.0. The van der Waals surface area contributed by atoms with E-state index in [0.717, 1.165) is 43.0 Å². The van der Waals surface area contributed by atoms with Gasteiger partial charge in [-0.25, -0.2) is 9.97 Å². The number of anilines is 1. The average molecular weight is 248 g/mol. The highest BCUT2D eigenvalue weighted by molar-refractivity contribution is 5.78.